The third-order valence-corrected chi connectivity index (χ3v) is 7.18. The summed E-state index contributed by atoms with van der Waals surface area (Å²) in [6.07, 6.45) is -0.973. The van der Waals surface area contributed by atoms with Gasteiger partial charge in [0, 0.05) is 11.5 Å². The Labute approximate surface area is 186 Å². The second kappa shape index (κ2) is 7.84. The van der Waals surface area contributed by atoms with Crippen molar-refractivity contribution in [1.29, 1.82) is 5.26 Å². The van der Waals surface area contributed by atoms with Crippen LogP contribution in [0.1, 0.15) is 25.3 Å². The molecule has 2 aromatic heterocycles. The number of pyridine rings is 1. The minimum absolute atomic E-state index is 0.0601. The van der Waals surface area contributed by atoms with E-state index in [1.165, 1.54) is 19.2 Å². The lowest BCUT2D eigenvalue weighted by atomic mass is 10.1. The molecule has 33 heavy (non-hydrogen) atoms. The fourth-order valence-electron chi connectivity index (χ4n) is 3.17. The van der Waals surface area contributed by atoms with Crippen LogP contribution < -0.4 is 10.3 Å². The number of nitrogens with zero attached hydrogens (tertiary/aromatic N) is 4. The summed E-state index contributed by atoms with van der Waals surface area (Å²) < 4.78 is 71.1. The normalized spacial score (nSPS) is 15.2. The zero-order valence-electron chi connectivity index (χ0n) is 17.3. The van der Waals surface area contributed by atoms with Crippen LogP contribution in [0.25, 0.3) is 16.6 Å². The Kier molecular flexibility index (Phi) is 5.40. The van der Waals surface area contributed by atoms with Crippen LogP contribution >= 0.6 is 0 Å². The molecule has 1 aromatic carbocycles. The van der Waals surface area contributed by atoms with E-state index in [2.05, 4.69) is 16.2 Å². The van der Waals surface area contributed by atoms with Crippen molar-refractivity contribution in [3.05, 3.63) is 52.6 Å². The van der Waals surface area contributed by atoms with Gasteiger partial charge in [0.1, 0.15) is 17.3 Å². The number of nitriles is 1. The van der Waals surface area contributed by atoms with Crippen molar-refractivity contribution < 1.29 is 26.3 Å². The van der Waals surface area contributed by atoms with Crippen LogP contribution in [-0.2, 0) is 16.0 Å². The number of halogens is 3. The quantitative estimate of drug-likeness (QED) is 0.534. The molecule has 1 saturated carbocycles. The number of hydrogen-bond acceptors (Lipinski definition) is 7. The molecule has 1 fully saturated rings. The Bertz CT molecular complexity index is 1460. The molecule has 172 valence electrons. The number of fused-ring (bicyclic) bond motifs is 1. The lowest BCUT2D eigenvalue weighted by Crippen LogP contribution is -2.25. The van der Waals surface area contributed by atoms with Crippen molar-refractivity contribution in [1.82, 2.24) is 14.8 Å². The molecule has 0 amide bonds. The molecule has 12 heteroatoms. The first-order valence-electron chi connectivity index (χ1n) is 9.86. The Morgan fingerprint density at radius 3 is 2.58 bits per heavy atom. The molecule has 0 bridgehead atoms. The molecule has 0 radical (unpaired) electrons. The number of hydrogen-bond donors (Lipinski definition) is 0. The molecule has 0 saturated heterocycles. The van der Waals surface area contributed by atoms with Crippen molar-refractivity contribution in [2.75, 3.05) is 12.4 Å². The van der Waals surface area contributed by atoms with E-state index in [4.69, 9.17) is 4.74 Å². The first-order valence-corrected chi connectivity index (χ1v) is 11.5. The second-order valence-electron chi connectivity index (χ2n) is 7.74. The van der Waals surface area contributed by atoms with Crippen LogP contribution in [0.2, 0.25) is 0 Å². The van der Waals surface area contributed by atoms with Gasteiger partial charge in [-0.25, -0.2) is 13.4 Å². The zero-order chi connectivity index (χ0) is 24.0. The van der Waals surface area contributed by atoms with Gasteiger partial charge in [-0.3, -0.25) is 4.79 Å². The lowest BCUT2D eigenvalue weighted by Gasteiger charge is -2.14. The van der Waals surface area contributed by atoms with Crippen molar-refractivity contribution in [3.8, 4) is 17.6 Å². The first kappa shape index (κ1) is 22.7. The van der Waals surface area contributed by atoms with Gasteiger partial charge in [-0.1, -0.05) is 13.0 Å². The molecule has 3 aromatic rings. The molecule has 0 atom stereocenters. The van der Waals surface area contributed by atoms with Gasteiger partial charge in [0.25, 0.3) is 5.56 Å². The van der Waals surface area contributed by atoms with Gasteiger partial charge in [0.15, 0.2) is 15.7 Å². The second-order valence-corrected chi connectivity index (χ2v) is 9.98. The molecule has 1 aliphatic carbocycles. The van der Waals surface area contributed by atoms with Crippen LogP contribution in [0.15, 0.2) is 46.3 Å². The van der Waals surface area contributed by atoms with Crippen LogP contribution in [0.5, 0.6) is 5.75 Å². The molecule has 0 N–H and O–H groups in total. The SMILES string of the molecule is CCS(=O)(=O)c1cc(OCC2(C#N)CC2)cnc1-n1ncc2ccc(C(F)(F)F)cc2c1=O. The summed E-state index contributed by atoms with van der Waals surface area (Å²) in [5.74, 6) is -0.594. The molecule has 0 aliphatic heterocycles. The number of alkyl halides is 3. The van der Waals surface area contributed by atoms with Crippen molar-refractivity contribution in [2.45, 2.75) is 30.8 Å². The predicted octanol–water partition coefficient (Wildman–Crippen LogP) is 3.28. The van der Waals surface area contributed by atoms with Gasteiger partial charge >= 0.3 is 6.18 Å². The summed E-state index contributed by atoms with van der Waals surface area (Å²) in [7, 11) is -3.93. The van der Waals surface area contributed by atoms with E-state index in [0.717, 1.165) is 18.3 Å². The van der Waals surface area contributed by atoms with Crippen LogP contribution in [-0.4, -0.2) is 35.5 Å². The number of aromatic nitrogens is 3. The van der Waals surface area contributed by atoms with E-state index in [0.29, 0.717) is 23.6 Å². The standard InChI is InChI=1S/C21H17F3N4O4S/c1-2-33(30,31)17-8-15(32-12-20(11-25)5-6-20)10-26-18(17)28-19(29)16-7-14(21(22,23)24)4-3-13(16)9-27-28/h3-4,7-10H,2,5-6,12H2,1H3. The highest BCUT2D eigenvalue weighted by Crippen LogP contribution is 2.45. The highest BCUT2D eigenvalue weighted by molar-refractivity contribution is 7.91. The highest BCUT2D eigenvalue weighted by atomic mass is 32.2. The average Bonchev–Trinajstić information content (AvgIpc) is 3.58. The van der Waals surface area contributed by atoms with E-state index in [1.807, 2.05) is 0 Å². The Balaban J connectivity index is 1.84. The predicted molar refractivity (Wildman–Crippen MR) is 111 cm³/mol. The van der Waals surface area contributed by atoms with Gasteiger partial charge in [0.05, 0.1) is 40.6 Å². The summed E-state index contributed by atoms with van der Waals surface area (Å²) in [5.41, 5.74) is -2.57. The van der Waals surface area contributed by atoms with Crippen molar-refractivity contribution in [2.24, 2.45) is 5.41 Å². The zero-order valence-corrected chi connectivity index (χ0v) is 18.1. The Hall–Kier alpha value is -3.46. The van der Waals surface area contributed by atoms with Gasteiger partial charge in [-0.15, -0.1) is 0 Å². The molecule has 8 nitrogen and oxygen atoms in total. The van der Waals surface area contributed by atoms with Gasteiger partial charge < -0.3 is 4.74 Å². The summed E-state index contributed by atoms with van der Waals surface area (Å²) >= 11 is 0. The molecule has 0 unspecified atom stereocenters. The number of sulfone groups is 1. The summed E-state index contributed by atoms with van der Waals surface area (Å²) in [6.45, 7) is 1.46. The van der Waals surface area contributed by atoms with Crippen LogP contribution in [0, 0.1) is 16.7 Å². The molecule has 0 spiro atoms. The largest absolute Gasteiger partial charge is 0.490 e. The molecule has 1 aliphatic rings. The van der Waals surface area contributed by atoms with Crippen LogP contribution in [0.3, 0.4) is 0 Å². The monoisotopic (exact) mass is 478 g/mol. The Morgan fingerprint density at radius 2 is 1.97 bits per heavy atom. The molecular weight excluding hydrogens is 461 g/mol. The highest BCUT2D eigenvalue weighted by Gasteiger charge is 2.44. The fraction of sp³-hybridized carbons (Fsp3) is 0.333. The minimum Gasteiger partial charge on any atom is -0.490 e. The maximum Gasteiger partial charge on any atom is 0.416 e. The molecule has 2 heterocycles. The summed E-state index contributed by atoms with van der Waals surface area (Å²) in [6, 6.07) is 5.98. The molecular formula is C21H17F3N4O4S. The molecule has 4 rings (SSSR count). The number of rotatable bonds is 6. The van der Waals surface area contributed by atoms with E-state index in [1.54, 1.807) is 0 Å². The van der Waals surface area contributed by atoms with E-state index in [-0.39, 0.29) is 39.6 Å². The average molecular weight is 478 g/mol. The maximum absolute atomic E-state index is 13.1. The summed E-state index contributed by atoms with van der Waals surface area (Å²) in [5, 5.41) is 13.0. The topological polar surface area (TPSA) is 115 Å². The summed E-state index contributed by atoms with van der Waals surface area (Å²) in [4.78, 5) is 16.7. The fourth-order valence-corrected chi connectivity index (χ4v) is 4.19. The van der Waals surface area contributed by atoms with E-state index in [9.17, 15) is 31.6 Å². The number of ether oxygens (including phenoxy) is 1. The first-order chi connectivity index (χ1) is 15.5. The minimum atomic E-state index is -4.66. The van der Waals surface area contributed by atoms with Gasteiger partial charge in [-0.2, -0.15) is 28.2 Å². The smallest absolute Gasteiger partial charge is 0.416 e. The third-order valence-electron chi connectivity index (χ3n) is 5.45. The van der Waals surface area contributed by atoms with Crippen molar-refractivity contribution in [3.63, 3.8) is 0 Å². The van der Waals surface area contributed by atoms with Crippen molar-refractivity contribution >= 4 is 20.6 Å². The van der Waals surface area contributed by atoms with Gasteiger partial charge in [-0.05, 0) is 25.0 Å². The van der Waals surface area contributed by atoms with E-state index < -0.39 is 32.6 Å². The number of benzene rings is 1. The third kappa shape index (κ3) is 4.28. The Morgan fingerprint density at radius 1 is 1.24 bits per heavy atom. The lowest BCUT2D eigenvalue weighted by molar-refractivity contribution is -0.137. The maximum atomic E-state index is 13.1. The van der Waals surface area contributed by atoms with E-state index >= 15 is 0 Å². The van der Waals surface area contributed by atoms with Gasteiger partial charge in [0.2, 0.25) is 0 Å². The van der Waals surface area contributed by atoms with Crippen LogP contribution in [0.4, 0.5) is 13.2 Å².